The third kappa shape index (κ3) is 1.63. The highest BCUT2D eigenvalue weighted by atomic mass is 32.1. The Kier molecular flexibility index (Phi) is 2.41. The molecule has 1 aromatic heterocycles. The average Bonchev–Trinajstić information content (AvgIpc) is 2.68. The van der Waals surface area contributed by atoms with Gasteiger partial charge in [-0.15, -0.1) is 11.3 Å². The second-order valence-corrected chi connectivity index (χ2v) is 4.73. The zero-order valence-electron chi connectivity index (χ0n) is 8.78. The molecule has 3 aromatic rings. The van der Waals surface area contributed by atoms with Crippen LogP contribution in [0.15, 0.2) is 48.5 Å². The Hall–Kier alpha value is -1.74. The van der Waals surface area contributed by atoms with Crippen molar-refractivity contribution in [2.45, 2.75) is 0 Å². The Morgan fingerprint density at radius 3 is 2.35 bits per heavy atom. The van der Waals surface area contributed by atoms with Gasteiger partial charge in [-0.25, -0.2) is 4.39 Å². The molecular formula is C14H8F2S. The van der Waals surface area contributed by atoms with E-state index in [0.29, 0.717) is 21.2 Å². The summed E-state index contributed by atoms with van der Waals surface area (Å²) >= 11 is 0.981. The number of halogens is 2. The van der Waals surface area contributed by atoms with Gasteiger partial charge in [0, 0.05) is 15.6 Å². The van der Waals surface area contributed by atoms with E-state index >= 15 is 0 Å². The maximum absolute atomic E-state index is 13.9. The van der Waals surface area contributed by atoms with Gasteiger partial charge in [0.25, 0.3) is 0 Å². The van der Waals surface area contributed by atoms with Crippen molar-refractivity contribution in [2.75, 3.05) is 0 Å². The molecule has 1 heterocycles. The smallest absolute Gasteiger partial charge is 0.185 e. The summed E-state index contributed by atoms with van der Waals surface area (Å²) in [5.41, 5.74) is 1.07. The van der Waals surface area contributed by atoms with Crippen molar-refractivity contribution in [2.24, 2.45) is 0 Å². The van der Waals surface area contributed by atoms with Gasteiger partial charge < -0.3 is 0 Å². The molecule has 0 N–H and O–H groups in total. The fourth-order valence-electron chi connectivity index (χ4n) is 1.94. The van der Waals surface area contributed by atoms with E-state index in [0.717, 1.165) is 11.3 Å². The maximum Gasteiger partial charge on any atom is 0.185 e. The van der Waals surface area contributed by atoms with Crippen LogP contribution >= 0.6 is 11.3 Å². The van der Waals surface area contributed by atoms with Crippen LogP contribution in [0.1, 0.15) is 0 Å². The summed E-state index contributed by atoms with van der Waals surface area (Å²) in [6.45, 7) is 0. The van der Waals surface area contributed by atoms with Crippen molar-refractivity contribution < 1.29 is 8.78 Å². The topological polar surface area (TPSA) is 0 Å². The molecule has 0 bridgehead atoms. The largest absolute Gasteiger partial charge is 0.206 e. The molecular weight excluding hydrogens is 238 g/mol. The van der Waals surface area contributed by atoms with Crippen molar-refractivity contribution >= 4 is 21.4 Å². The Balaban J connectivity index is 2.40. The van der Waals surface area contributed by atoms with E-state index in [2.05, 4.69) is 0 Å². The molecule has 3 heteroatoms. The summed E-state index contributed by atoms with van der Waals surface area (Å²) in [5, 5.41) is 0.0394. The van der Waals surface area contributed by atoms with Crippen LogP contribution < -0.4 is 0 Å². The van der Waals surface area contributed by atoms with Gasteiger partial charge in [0.15, 0.2) is 5.13 Å². The normalized spacial score (nSPS) is 10.9. The SMILES string of the molecule is Fc1sc2cccc(F)c2c1-c1ccccc1. The highest BCUT2D eigenvalue weighted by molar-refractivity contribution is 7.18. The predicted molar refractivity (Wildman–Crippen MR) is 67.2 cm³/mol. The van der Waals surface area contributed by atoms with Crippen LogP contribution in [0.3, 0.4) is 0 Å². The number of fused-ring (bicyclic) bond motifs is 1. The standard InChI is InChI=1S/C14H8F2S/c15-10-7-4-8-11-13(10)12(14(16)17-11)9-5-2-1-3-6-9/h1-8H. The number of benzene rings is 2. The van der Waals surface area contributed by atoms with E-state index in [1.807, 2.05) is 18.2 Å². The van der Waals surface area contributed by atoms with Gasteiger partial charge in [0.1, 0.15) is 5.82 Å². The zero-order valence-corrected chi connectivity index (χ0v) is 9.60. The fourth-order valence-corrected chi connectivity index (χ4v) is 2.90. The van der Waals surface area contributed by atoms with Gasteiger partial charge in [-0.3, -0.25) is 0 Å². The molecule has 0 atom stereocenters. The van der Waals surface area contributed by atoms with E-state index in [1.165, 1.54) is 6.07 Å². The minimum absolute atomic E-state index is 0.337. The summed E-state index contributed by atoms with van der Waals surface area (Å²) in [6, 6.07) is 13.8. The molecule has 0 aliphatic rings. The summed E-state index contributed by atoms with van der Waals surface area (Å²) in [7, 11) is 0. The molecule has 0 saturated heterocycles. The summed E-state index contributed by atoms with van der Waals surface area (Å²) in [6.07, 6.45) is 0. The Labute approximate surface area is 101 Å². The molecule has 3 rings (SSSR count). The molecule has 0 saturated carbocycles. The first-order valence-electron chi connectivity index (χ1n) is 5.19. The van der Waals surface area contributed by atoms with Crippen LogP contribution in [0.5, 0.6) is 0 Å². The lowest BCUT2D eigenvalue weighted by atomic mass is 10.0. The lowest BCUT2D eigenvalue weighted by Crippen LogP contribution is -1.81. The van der Waals surface area contributed by atoms with Gasteiger partial charge in [0.05, 0.1) is 0 Å². The van der Waals surface area contributed by atoms with Crippen LogP contribution in [0.4, 0.5) is 8.78 Å². The van der Waals surface area contributed by atoms with Crippen LogP contribution in [0.2, 0.25) is 0 Å². The molecule has 84 valence electrons. The van der Waals surface area contributed by atoms with Crippen molar-refractivity contribution in [1.82, 2.24) is 0 Å². The lowest BCUT2D eigenvalue weighted by molar-refractivity contribution is 0.637. The summed E-state index contributed by atoms with van der Waals surface area (Å²) in [4.78, 5) is 0. The first-order chi connectivity index (χ1) is 8.27. The number of hydrogen-bond acceptors (Lipinski definition) is 1. The fraction of sp³-hybridized carbons (Fsp3) is 0. The van der Waals surface area contributed by atoms with Gasteiger partial charge >= 0.3 is 0 Å². The van der Waals surface area contributed by atoms with Crippen molar-refractivity contribution in [3.8, 4) is 11.1 Å². The quantitative estimate of drug-likeness (QED) is 0.576. The Morgan fingerprint density at radius 2 is 1.59 bits per heavy atom. The zero-order chi connectivity index (χ0) is 11.8. The number of hydrogen-bond donors (Lipinski definition) is 0. The van der Waals surface area contributed by atoms with Crippen LogP contribution in [0, 0.1) is 10.9 Å². The minimum atomic E-state index is -0.374. The van der Waals surface area contributed by atoms with Gasteiger partial charge in [-0.05, 0) is 17.7 Å². The van der Waals surface area contributed by atoms with Crippen molar-refractivity contribution in [3.05, 3.63) is 59.5 Å². The molecule has 0 radical (unpaired) electrons. The van der Waals surface area contributed by atoms with Gasteiger partial charge in [-0.1, -0.05) is 36.4 Å². The van der Waals surface area contributed by atoms with E-state index in [1.54, 1.807) is 24.3 Å². The number of thiophene rings is 1. The third-order valence-corrected chi connectivity index (χ3v) is 3.63. The van der Waals surface area contributed by atoms with E-state index in [4.69, 9.17) is 0 Å². The summed E-state index contributed by atoms with van der Waals surface area (Å²) in [5.74, 6) is -0.374. The highest BCUT2D eigenvalue weighted by Gasteiger charge is 2.16. The Morgan fingerprint density at radius 1 is 0.824 bits per heavy atom. The molecule has 0 aliphatic carbocycles. The third-order valence-electron chi connectivity index (χ3n) is 2.68. The van der Waals surface area contributed by atoms with Crippen LogP contribution in [0.25, 0.3) is 21.2 Å². The molecule has 0 amide bonds. The molecule has 0 spiro atoms. The second kappa shape index (κ2) is 3.93. The first kappa shape index (κ1) is 10.4. The second-order valence-electron chi connectivity index (χ2n) is 3.73. The predicted octanol–water partition coefficient (Wildman–Crippen LogP) is 4.85. The maximum atomic E-state index is 13.9. The van der Waals surface area contributed by atoms with E-state index in [-0.39, 0.29) is 10.9 Å². The van der Waals surface area contributed by atoms with Crippen molar-refractivity contribution in [3.63, 3.8) is 0 Å². The minimum Gasteiger partial charge on any atom is -0.206 e. The molecule has 2 aromatic carbocycles. The molecule has 0 aliphatic heterocycles. The monoisotopic (exact) mass is 246 g/mol. The van der Waals surface area contributed by atoms with Crippen LogP contribution in [-0.2, 0) is 0 Å². The highest BCUT2D eigenvalue weighted by Crippen LogP contribution is 2.38. The van der Waals surface area contributed by atoms with E-state index < -0.39 is 0 Å². The van der Waals surface area contributed by atoms with Gasteiger partial charge in [0.2, 0.25) is 0 Å². The summed E-state index contributed by atoms with van der Waals surface area (Å²) < 4.78 is 28.3. The molecule has 17 heavy (non-hydrogen) atoms. The lowest BCUT2D eigenvalue weighted by Gasteiger charge is -2.00. The Bertz CT molecular complexity index is 671. The molecule has 0 nitrogen and oxygen atoms in total. The first-order valence-corrected chi connectivity index (χ1v) is 6.01. The molecule has 0 unspecified atom stereocenters. The van der Waals surface area contributed by atoms with Gasteiger partial charge in [-0.2, -0.15) is 4.39 Å². The van der Waals surface area contributed by atoms with E-state index in [9.17, 15) is 8.78 Å². The average molecular weight is 246 g/mol. The molecule has 0 fully saturated rings. The van der Waals surface area contributed by atoms with Crippen LogP contribution in [-0.4, -0.2) is 0 Å². The van der Waals surface area contributed by atoms with Crippen molar-refractivity contribution in [1.29, 1.82) is 0 Å². The number of rotatable bonds is 1.